The van der Waals surface area contributed by atoms with Crippen LogP contribution in [0.3, 0.4) is 0 Å². The van der Waals surface area contributed by atoms with Gasteiger partial charge in [0.05, 0.1) is 0 Å². The van der Waals surface area contributed by atoms with E-state index in [4.69, 9.17) is 9.47 Å². The van der Waals surface area contributed by atoms with Crippen molar-refractivity contribution < 1.29 is 19.2 Å². The van der Waals surface area contributed by atoms with Crippen LogP contribution in [-0.4, -0.2) is 41.4 Å². The average Bonchev–Trinajstić information content (AvgIpc) is 2.45. The van der Waals surface area contributed by atoms with Gasteiger partial charge in [-0.15, -0.1) is 0 Å². The number of ether oxygens (including phenoxy) is 2. The molecule has 0 radical (unpaired) electrons. The molecule has 2 fully saturated rings. The van der Waals surface area contributed by atoms with Gasteiger partial charge < -0.3 is 14.8 Å². The fourth-order valence-corrected chi connectivity index (χ4v) is 2.78. The number of carbonyl (C=O) groups excluding carboxylic acids is 1. The normalized spacial score (nSPS) is 36.4. The van der Waals surface area contributed by atoms with E-state index in [1.165, 1.54) is 6.92 Å². The third-order valence-corrected chi connectivity index (χ3v) is 4.32. The van der Waals surface area contributed by atoms with Crippen LogP contribution in [0.15, 0.2) is 0 Å². The minimum atomic E-state index is -1.16. The Hall–Kier alpha value is -1.21. The van der Waals surface area contributed by atoms with Gasteiger partial charge in [-0.1, -0.05) is 6.92 Å². The molecule has 21 heavy (non-hydrogen) atoms. The highest BCUT2D eigenvalue weighted by molar-refractivity contribution is 5.76. The third kappa shape index (κ3) is 3.71. The first-order chi connectivity index (χ1) is 9.89. The Labute approximate surface area is 124 Å². The van der Waals surface area contributed by atoms with Crippen LogP contribution in [-0.2, 0) is 14.3 Å². The SMILES string of the molecule is CCCC(=O)NC1CCC2(CC1)OCC(C)([N+](=O)[O-])CO2. The molecule has 1 aliphatic carbocycles. The average molecular weight is 300 g/mol. The van der Waals surface area contributed by atoms with Crippen molar-refractivity contribution in [1.82, 2.24) is 5.32 Å². The van der Waals surface area contributed by atoms with Crippen molar-refractivity contribution in [3.05, 3.63) is 10.1 Å². The Morgan fingerprint density at radius 1 is 1.33 bits per heavy atom. The summed E-state index contributed by atoms with van der Waals surface area (Å²) in [7, 11) is 0. The van der Waals surface area contributed by atoms with Crippen molar-refractivity contribution in [3.63, 3.8) is 0 Å². The zero-order valence-corrected chi connectivity index (χ0v) is 12.7. The molecule has 7 heteroatoms. The van der Waals surface area contributed by atoms with E-state index in [0.717, 1.165) is 19.3 Å². The topological polar surface area (TPSA) is 90.7 Å². The second-order valence-electron chi connectivity index (χ2n) is 6.33. The fourth-order valence-electron chi connectivity index (χ4n) is 2.78. The van der Waals surface area contributed by atoms with Crippen LogP contribution in [0.1, 0.15) is 52.4 Å². The molecule has 120 valence electrons. The lowest BCUT2D eigenvalue weighted by Gasteiger charge is -2.44. The highest BCUT2D eigenvalue weighted by atomic mass is 16.7. The van der Waals surface area contributed by atoms with Crippen molar-refractivity contribution in [3.8, 4) is 0 Å². The second-order valence-corrected chi connectivity index (χ2v) is 6.33. The van der Waals surface area contributed by atoms with Crippen LogP contribution in [0, 0.1) is 10.1 Å². The number of hydrogen-bond donors (Lipinski definition) is 1. The Balaban J connectivity index is 1.82. The van der Waals surface area contributed by atoms with Crippen LogP contribution >= 0.6 is 0 Å². The van der Waals surface area contributed by atoms with Gasteiger partial charge in [0.1, 0.15) is 13.2 Å². The van der Waals surface area contributed by atoms with E-state index >= 15 is 0 Å². The Morgan fingerprint density at radius 3 is 2.38 bits per heavy atom. The summed E-state index contributed by atoms with van der Waals surface area (Å²) in [6, 6.07) is 0.158. The molecule has 1 saturated carbocycles. The van der Waals surface area contributed by atoms with E-state index in [2.05, 4.69) is 5.32 Å². The molecule has 0 bridgehead atoms. The first kappa shape index (κ1) is 16.2. The van der Waals surface area contributed by atoms with E-state index in [1.54, 1.807) is 0 Å². The standard InChI is InChI=1S/C14H24N2O5/c1-3-4-12(17)15-11-5-7-14(8-6-11)20-9-13(2,10-21-14)16(18)19/h11H,3-10H2,1-2H3,(H,15,17). The van der Waals surface area contributed by atoms with Crippen LogP contribution < -0.4 is 5.32 Å². The zero-order chi connectivity index (χ0) is 15.5. The van der Waals surface area contributed by atoms with E-state index in [9.17, 15) is 14.9 Å². The molecule has 7 nitrogen and oxygen atoms in total. The molecule has 2 aliphatic rings. The summed E-state index contributed by atoms with van der Waals surface area (Å²) in [6.45, 7) is 3.67. The van der Waals surface area contributed by atoms with Gasteiger partial charge in [-0.25, -0.2) is 0 Å². The summed E-state index contributed by atoms with van der Waals surface area (Å²) in [4.78, 5) is 22.2. The van der Waals surface area contributed by atoms with Gasteiger partial charge in [-0.05, 0) is 19.3 Å². The fraction of sp³-hybridized carbons (Fsp3) is 0.929. The van der Waals surface area contributed by atoms with Gasteiger partial charge >= 0.3 is 0 Å². The minimum absolute atomic E-state index is 0.0763. The second kappa shape index (κ2) is 6.27. The highest BCUT2D eigenvalue weighted by Crippen LogP contribution is 2.37. The van der Waals surface area contributed by atoms with Crippen molar-refractivity contribution in [2.45, 2.75) is 69.7 Å². The molecule has 0 aromatic heterocycles. The van der Waals surface area contributed by atoms with Gasteiger partial charge in [0.2, 0.25) is 5.91 Å². The maximum atomic E-state index is 11.6. The number of nitrogens with one attached hydrogen (secondary N) is 1. The Kier molecular flexibility index (Phi) is 4.83. The van der Waals surface area contributed by atoms with Crippen LogP contribution in [0.5, 0.6) is 0 Å². The summed E-state index contributed by atoms with van der Waals surface area (Å²) in [5.41, 5.74) is -1.16. The molecule has 1 saturated heterocycles. The summed E-state index contributed by atoms with van der Waals surface area (Å²) < 4.78 is 11.4. The lowest BCUT2D eigenvalue weighted by atomic mass is 9.88. The van der Waals surface area contributed by atoms with Crippen LogP contribution in [0.4, 0.5) is 0 Å². The maximum Gasteiger partial charge on any atom is 0.265 e. The van der Waals surface area contributed by atoms with Gasteiger partial charge in [0.15, 0.2) is 5.79 Å². The van der Waals surface area contributed by atoms with Crippen LogP contribution in [0.25, 0.3) is 0 Å². The van der Waals surface area contributed by atoms with Gasteiger partial charge in [0.25, 0.3) is 5.54 Å². The largest absolute Gasteiger partial charge is 0.353 e. The first-order valence-corrected chi connectivity index (χ1v) is 7.61. The maximum absolute atomic E-state index is 11.6. The Morgan fingerprint density at radius 2 is 1.90 bits per heavy atom. The number of carbonyl (C=O) groups is 1. The van der Waals surface area contributed by atoms with E-state index in [0.29, 0.717) is 19.3 Å². The van der Waals surface area contributed by atoms with Crippen molar-refractivity contribution in [2.24, 2.45) is 0 Å². The highest BCUT2D eigenvalue weighted by Gasteiger charge is 2.50. The van der Waals surface area contributed by atoms with Crippen molar-refractivity contribution in [1.29, 1.82) is 0 Å². The summed E-state index contributed by atoms with van der Waals surface area (Å²) in [5, 5.41) is 14.0. The minimum Gasteiger partial charge on any atom is -0.353 e. The summed E-state index contributed by atoms with van der Waals surface area (Å²) in [5.74, 6) is -0.605. The first-order valence-electron chi connectivity index (χ1n) is 7.61. The molecule has 0 atom stereocenters. The predicted molar refractivity (Wildman–Crippen MR) is 75.3 cm³/mol. The number of nitro groups is 1. The molecule has 1 amide bonds. The predicted octanol–water partition coefficient (Wildman–Crippen LogP) is 1.62. The number of amides is 1. The molecule has 2 rings (SSSR count). The number of rotatable bonds is 4. The van der Waals surface area contributed by atoms with E-state index in [-0.39, 0.29) is 30.1 Å². The molecule has 0 aromatic carbocycles. The molecular formula is C14H24N2O5. The lowest BCUT2D eigenvalue weighted by Crippen LogP contribution is -2.57. The van der Waals surface area contributed by atoms with Crippen LogP contribution in [0.2, 0.25) is 0 Å². The smallest absolute Gasteiger partial charge is 0.265 e. The van der Waals surface area contributed by atoms with Gasteiger partial charge in [-0.2, -0.15) is 0 Å². The summed E-state index contributed by atoms with van der Waals surface area (Å²) >= 11 is 0. The molecule has 1 spiro atoms. The monoisotopic (exact) mass is 300 g/mol. The molecular weight excluding hydrogens is 276 g/mol. The molecule has 1 N–H and O–H groups in total. The zero-order valence-electron chi connectivity index (χ0n) is 12.7. The molecule has 1 aliphatic heterocycles. The van der Waals surface area contributed by atoms with Gasteiger partial charge in [-0.3, -0.25) is 14.9 Å². The van der Waals surface area contributed by atoms with E-state index in [1.807, 2.05) is 6.92 Å². The lowest BCUT2D eigenvalue weighted by molar-refractivity contribution is -0.592. The quantitative estimate of drug-likeness (QED) is 0.629. The van der Waals surface area contributed by atoms with Crippen molar-refractivity contribution >= 4 is 5.91 Å². The summed E-state index contributed by atoms with van der Waals surface area (Å²) in [6.07, 6.45) is 4.29. The van der Waals surface area contributed by atoms with Crippen molar-refractivity contribution in [2.75, 3.05) is 13.2 Å². The third-order valence-electron chi connectivity index (χ3n) is 4.32. The molecule has 1 heterocycles. The van der Waals surface area contributed by atoms with E-state index < -0.39 is 11.3 Å². The number of nitrogens with zero attached hydrogens (tertiary/aromatic N) is 1. The molecule has 0 unspecified atom stereocenters. The van der Waals surface area contributed by atoms with Gasteiger partial charge in [0, 0.05) is 37.2 Å². The number of hydrogen-bond acceptors (Lipinski definition) is 5. The molecule has 0 aromatic rings. The Bertz CT molecular complexity index is 394.